The van der Waals surface area contributed by atoms with E-state index in [2.05, 4.69) is 13.2 Å². The maximum Gasteiger partial charge on any atom is 0.205 e. The highest BCUT2D eigenvalue weighted by atomic mass is 79.9. The van der Waals surface area contributed by atoms with Gasteiger partial charge in [0.2, 0.25) is 5.70 Å². The maximum absolute atomic E-state index is 3.89. The first kappa shape index (κ1) is 11.1. The molecule has 0 radical (unpaired) electrons. The molecule has 1 nitrogen and oxygen atoms in total. The van der Waals surface area contributed by atoms with E-state index < -0.39 is 0 Å². The number of aromatic nitrogens is 1. The molecule has 0 bridgehead atoms. The lowest BCUT2D eigenvalue weighted by Crippen LogP contribution is -3.00. The normalized spacial score (nSPS) is 8.42. The molecule has 0 saturated carbocycles. The molecule has 64 valence electrons. The molecule has 0 aliphatic rings. The van der Waals surface area contributed by atoms with Gasteiger partial charge in [0.15, 0.2) is 12.4 Å². The largest absolute Gasteiger partial charge is 1.00 e. The zero-order chi connectivity index (χ0) is 8.27. The van der Waals surface area contributed by atoms with E-state index in [1.54, 1.807) is 0 Å². The van der Waals surface area contributed by atoms with Gasteiger partial charge in [-0.2, -0.15) is 4.57 Å². The van der Waals surface area contributed by atoms with Crippen molar-refractivity contribution >= 4 is 5.70 Å². The summed E-state index contributed by atoms with van der Waals surface area (Å²) in [6.45, 7) is 9.65. The molecule has 0 saturated heterocycles. The molecular weight excluding hydrogens is 214 g/mol. The van der Waals surface area contributed by atoms with Gasteiger partial charge in [-0.1, -0.05) is 12.6 Å². The quantitative estimate of drug-likeness (QED) is 0.451. The van der Waals surface area contributed by atoms with E-state index in [1.807, 2.05) is 42.1 Å². The summed E-state index contributed by atoms with van der Waals surface area (Å²) in [5, 5.41) is 0. The standard InChI is InChI=1S/C10H12N.BrH/c1-9(2)10(3)11-7-5-4-6-8-11;/h4-8H,1,3H2,2H3;1H/q+1;/p-1. The number of allylic oxidation sites excluding steroid dienone is 2. The average Bonchev–Trinajstić information content (AvgIpc) is 2.05. The first-order valence-corrected chi connectivity index (χ1v) is 3.53. The fraction of sp³-hybridized carbons (Fsp3) is 0.100. The van der Waals surface area contributed by atoms with Crippen LogP contribution in [0.15, 0.2) is 49.3 Å². The van der Waals surface area contributed by atoms with E-state index in [9.17, 15) is 0 Å². The predicted octanol–water partition coefficient (Wildman–Crippen LogP) is -0.975. The Hall–Kier alpha value is -0.890. The van der Waals surface area contributed by atoms with Crippen LogP contribution in [0.5, 0.6) is 0 Å². The summed E-state index contributed by atoms with van der Waals surface area (Å²) >= 11 is 0. The molecule has 2 heteroatoms. The Bertz CT molecular complexity index is 277. The Labute approximate surface area is 83.8 Å². The van der Waals surface area contributed by atoms with Crippen LogP contribution in [0.2, 0.25) is 0 Å². The highest BCUT2D eigenvalue weighted by molar-refractivity contribution is 5.49. The fourth-order valence-corrected chi connectivity index (χ4v) is 0.799. The van der Waals surface area contributed by atoms with Crippen LogP contribution >= 0.6 is 0 Å². The lowest BCUT2D eigenvalue weighted by molar-refractivity contribution is -0.579. The molecule has 0 aliphatic heterocycles. The monoisotopic (exact) mass is 225 g/mol. The van der Waals surface area contributed by atoms with Crippen molar-refractivity contribution in [3.63, 3.8) is 0 Å². The first-order chi connectivity index (χ1) is 5.22. The van der Waals surface area contributed by atoms with Crippen LogP contribution in [0.4, 0.5) is 0 Å². The first-order valence-electron chi connectivity index (χ1n) is 3.53. The van der Waals surface area contributed by atoms with Gasteiger partial charge in [0.1, 0.15) is 0 Å². The van der Waals surface area contributed by atoms with E-state index in [4.69, 9.17) is 0 Å². The Balaban J connectivity index is 0.00000121. The molecule has 1 aromatic heterocycles. The van der Waals surface area contributed by atoms with E-state index in [1.165, 1.54) is 0 Å². The number of halogens is 1. The van der Waals surface area contributed by atoms with E-state index in [0.29, 0.717) is 0 Å². The summed E-state index contributed by atoms with van der Waals surface area (Å²) in [6.07, 6.45) is 3.91. The third kappa shape index (κ3) is 2.62. The highest BCUT2D eigenvalue weighted by Crippen LogP contribution is 2.00. The lowest BCUT2D eigenvalue weighted by Gasteiger charge is -1.95. The third-order valence-electron chi connectivity index (χ3n) is 1.52. The van der Waals surface area contributed by atoms with Crippen LogP contribution in [0, 0.1) is 0 Å². The fourth-order valence-electron chi connectivity index (χ4n) is 0.799. The van der Waals surface area contributed by atoms with Crippen molar-refractivity contribution in [3.05, 3.63) is 49.3 Å². The Kier molecular flexibility index (Phi) is 4.52. The second-order valence-electron chi connectivity index (χ2n) is 2.51. The number of pyridine rings is 1. The highest BCUT2D eigenvalue weighted by Gasteiger charge is 2.04. The molecule has 0 aromatic carbocycles. The van der Waals surface area contributed by atoms with E-state index >= 15 is 0 Å². The molecule has 0 spiro atoms. The van der Waals surface area contributed by atoms with Crippen LogP contribution in [-0.4, -0.2) is 0 Å². The molecule has 0 aliphatic carbocycles. The van der Waals surface area contributed by atoms with Crippen LogP contribution in [0.25, 0.3) is 5.70 Å². The number of nitrogens with zero attached hydrogens (tertiary/aromatic N) is 1. The van der Waals surface area contributed by atoms with Crippen molar-refractivity contribution in [1.29, 1.82) is 0 Å². The molecule has 1 rings (SSSR count). The maximum atomic E-state index is 3.89. The average molecular weight is 226 g/mol. The van der Waals surface area contributed by atoms with Crippen molar-refractivity contribution in [2.24, 2.45) is 0 Å². The van der Waals surface area contributed by atoms with Gasteiger partial charge < -0.3 is 17.0 Å². The van der Waals surface area contributed by atoms with Crippen LogP contribution in [-0.2, 0) is 0 Å². The number of hydrogen-bond acceptors (Lipinski definition) is 0. The SMILES string of the molecule is C=C(C)C(=C)[n+]1ccccc1.[Br-]. The zero-order valence-corrected chi connectivity index (χ0v) is 8.71. The second-order valence-corrected chi connectivity index (χ2v) is 2.51. The molecule has 1 heterocycles. The van der Waals surface area contributed by atoms with Crippen molar-refractivity contribution in [3.8, 4) is 0 Å². The minimum Gasteiger partial charge on any atom is -1.00 e. The van der Waals surface area contributed by atoms with Crippen LogP contribution in [0.1, 0.15) is 6.92 Å². The summed E-state index contributed by atoms with van der Waals surface area (Å²) in [7, 11) is 0. The molecule has 0 unspecified atom stereocenters. The van der Waals surface area contributed by atoms with Gasteiger partial charge in [-0.3, -0.25) is 0 Å². The van der Waals surface area contributed by atoms with Crippen molar-refractivity contribution in [2.45, 2.75) is 6.92 Å². The van der Waals surface area contributed by atoms with Gasteiger partial charge in [0, 0.05) is 17.7 Å². The van der Waals surface area contributed by atoms with Crippen molar-refractivity contribution in [2.75, 3.05) is 0 Å². The molecule has 0 amide bonds. The lowest BCUT2D eigenvalue weighted by atomic mass is 10.2. The topological polar surface area (TPSA) is 3.88 Å². The van der Waals surface area contributed by atoms with Crippen LogP contribution in [0.3, 0.4) is 0 Å². The summed E-state index contributed by atoms with van der Waals surface area (Å²) in [4.78, 5) is 0. The van der Waals surface area contributed by atoms with E-state index in [0.717, 1.165) is 11.3 Å². The molecule has 0 atom stereocenters. The van der Waals surface area contributed by atoms with Gasteiger partial charge in [-0.05, 0) is 13.5 Å². The molecule has 12 heavy (non-hydrogen) atoms. The predicted molar refractivity (Wildman–Crippen MR) is 46.8 cm³/mol. The van der Waals surface area contributed by atoms with Gasteiger partial charge in [-0.15, -0.1) is 0 Å². The zero-order valence-electron chi connectivity index (χ0n) is 7.13. The Morgan fingerprint density at radius 2 is 1.58 bits per heavy atom. The Morgan fingerprint density at radius 1 is 1.08 bits per heavy atom. The van der Waals surface area contributed by atoms with Gasteiger partial charge in [0.25, 0.3) is 0 Å². The van der Waals surface area contributed by atoms with Crippen molar-refractivity contribution in [1.82, 2.24) is 0 Å². The molecule has 0 fully saturated rings. The van der Waals surface area contributed by atoms with Gasteiger partial charge in [-0.25, -0.2) is 0 Å². The summed E-state index contributed by atoms with van der Waals surface area (Å²) in [5.41, 5.74) is 1.92. The van der Waals surface area contributed by atoms with E-state index in [-0.39, 0.29) is 17.0 Å². The minimum absolute atomic E-state index is 0. The second kappa shape index (κ2) is 4.88. The number of rotatable bonds is 2. The molecule has 0 N–H and O–H groups in total. The van der Waals surface area contributed by atoms with Gasteiger partial charge in [0.05, 0.1) is 0 Å². The number of hydrogen-bond donors (Lipinski definition) is 0. The summed E-state index contributed by atoms with van der Waals surface area (Å²) in [6, 6.07) is 5.91. The van der Waals surface area contributed by atoms with Gasteiger partial charge >= 0.3 is 0 Å². The smallest absolute Gasteiger partial charge is 0.205 e. The minimum atomic E-state index is 0. The Morgan fingerprint density at radius 3 is 2.00 bits per heavy atom. The summed E-state index contributed by atoms with van der Waals surface area (Å²) < 4.78 is 1.95. The molecule has 1 aromatic rings. The molecular formula is C10H12BrN. The van der Waals surface area contributed by atoms with Crippen molar-refractivity contribution < 1.29 is 21.5 Å². The van der Waals surface area contributed by atoms with Crippen LogP contribution < -0.4 is 21.5 Å². The third-order valence-corrected chi connectivity index (χ3v) is 1.52. The summed E-state index contributed by atoms with van der Waals surface area (Å²) in [5.74, 6) is 0.